The van der Waals surface area contributed by atoms with Crippen LogP contribution in [0.4, 0.5) is 10.5 Å². The number of anilines is 1. The Kier molecular flexibility index (Phi) is 2.40. The second kappa shape index (κ2) is 3.32. The molecule has 1 amide bonds. The zero-order valence-corrected chi connectivity index (χ0v) is 6.84. The minimum Gasteiger partial charge on any atom is -0.407 e. The molecule has 0 heterocycles. The number of primary amides is 1. The summed E-state index contributed by atoms with van der Waals surface area (Å²) in [6, 6.07) is 4.76. The van der Waals surface area contributed by atoms with Crippen molar-refractivity contribution < 1.29 is 9.53 Å². The highest BCUT2D eigenvalue weighted by atomic mass is 35.5. The number of carbonyl (C=O) groups excluding carboxylic acids is 1. The number of carbonyl (C=O) groups is 1. The average Bonchev–Trinajstić information content (AvgIpc) is 1.97. The fourth-order valence-electron chi connectivity index (χ4n) is 0.734. The van der Waals surface area contributed by atoms with Crippen LogP contribution in [0.3, 0.4) is 0 Å². The lowest BCUT2D eigenvalue weighted by Crippen LogP contribution is -2.17. The quantitative estimate of drug-likeness (QED) is 0.651. The lowest BCUT2D eigenvalue weighted by atomic mass is 10.3. The van der Waals surface area contributed by atoms with Crippen LogP contribution in [-0.2, 0) is 0 Å². The van der Waals surface area contributed by atoms with Crippen molar-refractivity contribution in [3.8, 4) is 5.75 Å². The molecule has 1 rings (SSSR count). The van der Waals surface area contributed by atoms with Gasteiger partial charge in [0.15, 0.2) is 5.75 Å². The molecule has 4 N–H and O–H groups in total. The Morgan fingerprint density at radius 2 is 2.17 bits per heavy atom. The van der Waals surface area contributed by atoms with E-state index in [1.807, 2.05) is 0 Å². The zero-order valence-electron chi connectivity index (χ0n) is 6.08. The Morgan fingerprint density at radius 1 is 1.50 bits per heavy atom. The highest BCUT2D eigenvalue weighted by Gasteiger charge is 2.07. The maximum atomic E-state index is 10.4. The Bertz CT molecular complexity index is 294. The summed E-state index contributed by atoms with van der Waals surface area (Å²) in [7, 11) is 0. The maximum absolute atomic E-state index is 10.4. The van der Waals surface area contributed by atoms with Gasteiger partial charge in [-0.3, -0.25) is 0 Å². The van der Waals surface area contributed by atoms with E-state index in [0.29, 0.717) is 0 Å². The molecule has 0 fully saturated rings. The zero-order chi connectivity index (χ0) is 9.14. The highest BCUT2D eigenvalue weighted by molar-refractivity contribution is 6.32. The smallest absolute Gasteiger partial charge is 0.407 e. The van der Waals surface area contributed by atoms with E-state index in [1.54, 1.807) is 18.2 Å². The minimum absolute atomic E-state index is 0.103. The molecule has 0 aliphatic heterocycles. The van der Waals surface area contributed by atoms with Gasteiger partial charge in [0.25, 0.3) is 0 Å². The van der Waals surface area contributed by atoms with Crippen LogP contribution in [0.1, 0.15) is 0 Å². The maximum Gasteiger partial charge on any atom is 0.410 e. The van der Waals surface area contributed by atoms with Crippen molar-refractivity contribution in [1.82, 2.24) is 0 Å². The number of amides is 1. The third kappa shape index (κ3) is 1.79. The Hall–Kier alpha value is -1.42. The van der Waals surface area contributed by atoms with E-state index in [4.69, 9.17) is 23.1 Å². The van der Waals surface area contributed by atoms with E-state index in [-0.39, 0.29) is 16.5 Å². The van der Waals surface area contributed by atoms with Gasteiger partial charge in [-0.15, -0.1) is 0 Å². The first-order valence-corrected chi connectivity index (χ1v) is 3.50. The molecule has 4 nitrogen and oxygen atoms in total. The van der Waals surface area contributed by atoms with Crippen molar-refractivity contribution in [3.05, 3.63) is 23.2 Å². The minimum atomic E-state index is -0.935. The number of nitrogen functional groups attached to an aromatic ring is 1. The standard InChI is InChI=1S/C7H7ClN2O2/c8-4-2-1-3-5(9)6(4)12-7(10)11/h1-3H,9H2,(H2,10,11). The molecule has 0 saturated carbocycles. The molecule has 12 heavy (non-hydrogen) atoms. The van der Waals surface area contributed by atoms with E-state index in [9.17, 15) is 4.79 Å². The number of rotatable bonds is 1. The summed E-state index contributed by atoms with van der Waals surface area (Å²) in [4.78, 5) is 10.4. The van der Waals surface area contributed by atoms with Crippen LogP contribution in [0.5, 0.6) is 5.75 Å². The molecule has 0 aliphatic rings. The fourth-order valence-corrected chi connectivity index (χ4v) is 0.954. The fraction of sp³-hybridized carbons (Fsp3) is 0. The first-order valence-electron chi connectivity index (χ1n) is 3.12. The SMILES string of the molecule is NC(=O)Oc1c(N)cccc1Cl. The third-order valence-electron chi connectivity index (χ3n) is 1.20. The molecule has 0 aliphatic carbocycles. The van der Waals surface area contributed by atoms with Gasteiger partial charge in [0.1, 0.15) is 0 Å². The summed E-state index contributed by atoms with van der Waals surface area (Å²) < 4.78 is 4.56. The summed E-state index contributed by atoms with van der Waals surface area (Å²) >= 11 is 5.66. The number of benzene rings is 1. The summed E-state index contributed by atoms with van der Waals surface area (Å²) in [6.45, 7) is 0. The van der Waals surface area contributed by atoms with Gasteiger partial charge in [-0.1, -0.05) is 17.7 Å². The molecule has 1 aromatic carbocycles. The predicted molar refractivity (Wildman–Crippen MR) is 46.1 cm³/mol. The van der Waals surface area contributed by atoms with Crippen molar-refractivity contribution in [1.29, 1.82) is 0 Å². The van der Waals surface area contributed by atoms with Crippen LogP contribution in [0.15, 0.2) is 18.2 Å². The largest absolute Gasteiger partial charge is 0.410 e. The molecule has 1 aromatic rings. The molecule has 0 saturated heterocycles. The van der Waals surface area contributed by atoms with Gasteiger partial charge in [-0.25, -0.2) is 4.79 Å². The molecule has 0 atom stereocenters. The third-order valence-corrected chi connectivity index (χ3v) is 1.50. The van der Waals surface area contributed by atoms with Crippen molar-refractivity contribution in [2.75, 3.05) is 5.73 Å². The topological polar surface area (TPSA) is 78.3 Å². The number of para-hydroxylation sites is 1. The summed E-state index contributed by atoms with van der Waals surface area (Å²) in [5, 5.41) is 0.258. The molecular formula is C7H7ClN2O2. The number of ether oxygens (including phenoxy) is 1. The molecule has 0 radical (unpaired) electrons. The van der Waals surface area contributed by atoms with Crippen LogP contribution in [0.25, 0.3) is 0 Å². The van der Waals surface area contributed by atoms with E-state index >= 15 is 0 Å². The first kappa shape index (κ1) is 8.67. The summed E-state index contributed by atoms with van der Waals surface area (Å²) in [6.07, 6.45) is -0.935. The number of hydrogen-bond acceptors (Lipinski definition) is 3. The highest BCUT2D eigenvalue weighted by Crippen LogP contribution is 2.30. The second-order valence-electron chi connectivity index (χ2n) is 2.08. The number of nitrogens with two attached hydrogens (primary N) is 2. The van der Waals surface area contributed by atoms with Crippen molar-refractivity contribution in [3.63, 3.8) is 0 Å². The molecule has 0 spiro atoms. The Morgan fingerprint density at radius 3 is 2.67 bits per heavy atom. The second-order valence-corrected chi connectivity index (χ2v) is 2.49. The lowest BCUT2D eigenvalue weighted by molar-refractivity contribution is 0.211. The van der Waals surface area contributed by atoms with E-state index in [1.165, 1.54) is 0 Å². The molecule has 64 valence electrons. The first-order chi connectivity index (χ1) is 5.61. The van der Waals surface area contributed by atoms with Gasteiger partial charge in [-0.2, -0.15) is 0 Å². The molecule has 0 aromatic heterocycles. The van der Waals surface area contributed by atoms with E-state index in [0.717, 1.165) is 0 Å². The molecule has 0 bridgehead atoms. The molecule has 5 heteroatoms. The number of hydrogen-bond donors (Lipinski definition) is 2. The average molecular weight is 187 g/mol. The van der Waals surface area contributed by atoms with Gasteiger partial charge in [0.05, 0.1) is 10.7 Å². The van der Waals surface area contributed by atoms with E-state index < -0.39 is 6.09 Å². The van der Waals surface area contributed by atoms with Gasteiger partial charge >= 0.3 is 6.09 Å². The van der Waals surface area contributed by atoms with Crippen LogP contribution < -0.4 is 16.2 Å². The van der Waals surface area contributed by atoms with Crippen LogP contribution in [0.2, 0.25) is 5.02 Å². The van der Waals surface area contributed by atoms with Gasteiger partial charge in [-0.05, 0) is 12.1 Å². The van der Waals surface area contributed by atoms with Gasteiger partial charge < -0.3 is 16.2 Å². The predicted octanol–water partition coefficient (Wildman–Crippen LogP) is 1.38. The van der Waals surface area contributed by atoms with E-state index in [2.05, 4.69) is 4.74 Å². The summed E-state index contributed by atoms with van der Waals surface area (Å²) in [5.74, 6) is 0.103. The van der Waals surface area contributed by atoms with Crippen molar-refractivity contribution in [2.24, 2.45) is 5.73 Å². The summed E-state index contributed by atoms with van der Waals surface area (Å²) in [5.41, 5.74) is 10.5. The van der Waals surface area contributed by atoms with Gasteiger partial charge in [0.2, 0.25) is 0 Å². The molecular weight excluding hydrogens is 180 g/mol. The van der Waals surface area contributed by atoms with Crippen LogP contribution in [-0.4, -0.2) is 6.09 Å². The van der Waals surface area contributed by atoms with Crippen LogP contribution in [0, 0.1) is 0 Å². The van der Waals surface area contributed by atoms with Crippen LogP contribution >= 0.6 is 11.6 Å². The van der Waals surface area contributed by atoms with Gasteiger partial charge in [0, 0.05) is 0 Å². The van der Waals surface area contributed by atoms with Crippen molar-refractivity contribution in [2.45, 2.75) is 0 Å². The normalized spacial score (nSPS) is 9.42. The van der Waals surface area contributed by atoms with Crippen molar-refractivity contribution >= 4 is 23.4 Å². The lowest BCUT2D eigenvalue weighted by Gasteiger charge is -2.05. The monoisotopic (exact) mass is 186 g/mol. The Balaban J connectivity index is 3.04. The molecule has 0 unspecified atom stereocenters. The Labute approximate surface area is 74.1 Å². The number of halogens is 1.